The van der Waals surface area contributed by atoms with Gasteiger partial charge in [-0.05, 0) is 19.1 Å². The van der Waals surface area contributed by atoms with Crippen LogP contribution in [0.4, 0.5) is 13.2 Å². The van der Waals surface area contributed by atoms with Crippen LogP contribution in [0.15, 0.2) is 36.5 Å². The van der Waals surface area contributed by atoms with Crippen LogP contribution >= 0.6 is 0 Å². The van der Waals surface area contributed by atoms with E-state index in [0.717, 1.165) is 5.69 Å². The van der Waals surface area contributed by atoms with Gasteiger partial charge in [-0.25, -0.2) is 4.68 Å². The molecule has 0 bridgehead atoms. The lowest BCUT2D eigenvalue weighted by molar-refractivity contribution is -0.183. The van der Waals surface area contributed by atoms with Crippen molar-refractivity contribution in [1.82, 2.24) is 25.3 Å². The number of para-hydroxylation sites is 1. The molecule has 1 aliphatic rings. The Morgan fingerprint density at radius 2 is 1.93 bits per heavy atom. The molecular formula is C18H22F3N5O. The maximum atomic E-state index is 13.4. The number of aromatic nitrogens is 2. The predicted octanol–water partition coefficient (Wildman–Crippen LogP) is 1.75. The third-order valence-corrected chi connectivity index (χ3v) is 4.59. The van der Waals surface area contributed by atoms with Gasteiger partial charge in [0.05, 0.1) is 16.9 Å². The van der Waals surface area contributed by atoms with E-state index in [9.17, 15) is 18.0 Å². The monoisotopic (exact) mass is 381 g/mol. The van der Waals surface area contributed by atoms with Gasteiger partial charge in [0, 0.05) is 38.9 Å². The van der Waals surface area contributed by atoms with Crippen LogP contribution in [0.2, 0.25) is 0 Å². The van der Waals surface area contributed by atoms with Crippen molar-refractivity contribution in [2.24, 2.45) is 0 Å². The number of carbonyl (C=O) groups is 1. The van der Waals surface area contributed by atoms with Crippen molar-refractivity contribution in [3.8, 4) is 5.69 Å². The average molecular weight is 381 g/mol. The Labute approximate surface area is 155 Å². The van der Waals surface area contributed by atoms with Gasteiger partial charge in [0.25, 0.3) is 5.91 Å². The topological polar surface area (TPSA) is 62.2 Å². The van der Waals surface area contributed by atoms with Gasteiger partial charge in [-0.1, -0.05) is 18.2 Å². The fraction of sp³-hybridized carbons (Fsp3) is 0.444. The van der Waals surface area contributed by atoms with Crippen LogP contribution in [-0.4, -0.2) is 65.5 Å². The molecular weight excluding hydrogens is 359 g/mol. The second-order valence-corrected chi connectivity index (χ2v) is 6.46. The molecule has 1 aliphatic heterocycles. The number of hydrogen-bond donors (Lipinski definition) is 2. The molecule has 27 heavy (non-hydrogen) atoms. The second-order valence-electron chi connectivity index (χ2n) is 6.46. The number of amides is 1. The van der Waals surface area contributed by atoms with E-state index in [1.807, 2.05) is 30.3 Å². The van der Waals surface area contributed by atoms with Crippen LogP contribution in [0.5, 0.6) is 0 Å². The van der Waals surface area contributed by atoms with Crippen molar-refractivity contribution in [1.29, 1.82) is 0 Å². The van der Waals surface area contributed by atoms with Crippen molar-refractivity contribution >= 4 is 5.91 Å². The summed E-state index contributed by atoms with van der Waals surface area (Å²) in [5.74, 6) is -0.556. The SMILES string of the molecule is Cc1nn(-c2ccccc2)cc1C(=O)NCC(N1CCNCC1)C(F)(F)F. The summed E-state index contributed by atoms with van der Waals surface area (Å²) < 4.78 is 41.8. The standard InChI is InChI=1S/C18H22F3N5O/c1-13-15(12-26(24-13)14-5-3-2-4-6-14)17(27)23-11-16(18(19,20)21)25-9-7-22-8-10-25/h2-6,12,16,22H,7-11H2,1H3,(H,23,27). The Kier molecular flexibility index (Phi) is 5.81. The first kappa shape index (κ1) is 19.4. The number of hydrogen-bond acceptors (Lipinski definition) is 4. The number of nitrogens with one attached hydrogen (secondary N) is 2. The molecule has 1 aromatic carbocycles. The number of piperazine rings is 1. The van der Waals surface area contributed by atoms with E-state index in [0.29, 0.717) is 31.9 Å². The van der Waals surface area contributed by atoms with Gasteiger partial charge in [0.1, 0.15) is 6.04 Å². The summed E-state index contributed by atoms with van der Waals surface area (Å²) in [6.07, 6.45) is -2.87. The summed E-state index contributed by atoms with van der Waals surface area (Å²) in [6, 6.07) is 7.51. The minimum absolute atomic E-state index is 0.264. The molecule has 1 atom stereocenters. The molecule has 1 amide bonds. The van der Waals surface area contributed by atoms with E-state index < -0.39 is 24.7 Å². The number of nitrogens with zero attached hydrogens (tertiary/aromatic N) is 3. The van der Waals surface area contributed by atoms with E-state index in [-0.39, 0.29) is 5.56 Å². The molecule has 1 saturated heterocycles. The van der Waals surface area contributed by atoms with Crippen LogP contribution in [-0.2, 0) is 0 Å². The van der Waals surface area contributed by atoms with Gasteiger partial charge in [-0.15, -0.1) is 0 Å². The number of aryl methyl sites for hydroxylation is 1. The fourth-order valence-corrected chi connectivity index (χ4v) is 3.13. The summed E-state index contributed by atoms with van der Waals surface area (Å²) >= 11 is 0. The van der Waals surface area contributed by atoms with Crippen molar-refractivity contribution in [2.45, 2.75) is 19.1 Å². The first-order chi connectivity index (χ1) is 12.9. The maximum Gasteiger partial charge on any atom is 0.405 e. The van der Waals surface area contributed by atoms with Gasteiger partial charge in [0.2, 0.25) is 0 Å². The van der Waals surface area contributed by atoms with Gasteiger partial charge in [-0.2, -0.15) is 18.3 Å². The Bertz CT molecular complexity index is 769. The number of rotatable bonds is 5. The molecule has 0 aliphatic carbocycles. The molecule has 146 valence electrons. The molecule has 6 nitrogen and oxygen atoms in total. The minimum atomic E-state index is -4.41. The lowest BCUT2D eigenvalue weighted by Gasteiger charge is -2.35. The zero-order valence-electron chi connectivity index (χ0n) is 15.0. The van der Waals surface area contributed by atoms with E-state index in [1.54, 1.807) is 11.6 Å². The summed E-state index contributed by atoms with van der Waals surface area (Å²) in [7, 11) is 0. The predicted molar refractivity (Wildman–Crippen MR) is 94.9 cm³/mol. The van der Waals surface area contributed by atoms with Crippen LogP contribution in [0, 0.1) is 6.92 Å². The van der Waals surface area contributed by atoms with Crippen LogP contribution in [0.25, 0.3) is 5.69 Å². The van der Waals surface area contributed by atoms with Gasteiger partial charge in [0.15, 0.2) is 0 Å². The Morgan fingerprint density at radius 1 is 1.26 bits per heavy atom. The molecule has 9 heteroatoms. The quantitative estimate of drug-likeness (QED) is 0.829. The average Bonchev–Trinajstić information content (AvgIpc) is 3.04. The smallest absolute Gasteiger partial charge is 0.350 e. The summed E-state index contributed by atoms with van der Waals surface area (Å²) in [4.78, 5) is 13.8. The van der Waals surface area contributed by atoms with E-state index in [4.69, 9.17) is 0 Å². The number of benzene rings is 1. The Hall–Kier alpha value is -2.39. The van der Waals surface area contributed by atoms with Crippen LogP contribution in [0.1, 0.15) is 16.1 Å². The normalized spacial score (nSPS) is 16.9. The van der Waals surface area contributed by atoms with Gasteiger partial charge < -0.3 is 10.6 Å². The van der Waals surface area contributed by atoms with Crippen molar-refractivity contribution < 1.29 is 18.0 Å². The van der Waals surface area contributed by atoms with E-state index in [1.165, 1.54) is 11.1 Å². The van der Waals surface area contributed by atoms with Gasteiger partial charge in [-0.3, -0.25) is 9.69 Å². The summed E-state index contributed by atoms with van der Waals surface area (Å²) in [6.45, 7) is 2.77. The molecule has 2 N–H and O–H groups in total. The molecule has 2 aromatic rings. The maximum absolute atomic E-state index is 13.4. The highest BCUT2D eigenvalue weighted by molar-refractivity contribution is 5.95. The van der Waals surface area contributed by atoms with Crippen molar-refractivity contribution in [2.75, 3.05) is 32.7 Å². The highest BCUT2D eigenvalue weighted by Gasteiger charge is 2.43. The summed E-state index contributed by atoms with van der Waals surface area (Å²) in [5.41, 5.74) is 1.50. The van der Waals surface area contributed by atoms with E-state index >= 15 is 0 Å². The van der Waals surface area contributed by atoms with Crippen LogP contribution in [0.3, 0.4) is 0 Å². The van der Waals surface area contributed by atoms with Crippen molar-refractivity contribution in [3.63, 3.8) is 0 Å². The third kappa shape index (κ3) is 4.67. The van der Waals surface area contributed by atoms with Crippen LogP contribution < -0.4 is 10.6 Å². The molecule has 3 rings (SSSR count). The van der Waals surface area contributed by atoms with Gasteiger partial charge >= 0.3 is 6.18 Å². The largest absolute Gasteiger partial charge is 0.405 e. The third-order valence-electron chi connectivity index (χ3n) is 4.59. The number of carbonyl (C=O) groups excluding carboxylic acids is 1. The molecule has 0 spiro atoms. The number of alkyl halides is 3. The lowest BCUT2D eigenvalue weighted by atomic mass is 10.2. The molecule has 2 heterocycles. The molecule has 1 fully saturated rings. The fourth-order valence-electron chi connectivity index (χ4n) is 3.13. The molecule has 0 saturated carbocycles. The molecule has 1 unspecified atom stereocenters. The molecule has 0 radical (unpaired) electrons. The first-order valence-electron chi connectivity index (χ1n) is 8.77. The highest BCUT2D eigenvalue weighted by atomic mass is 19.4. The summed E-state index contributed by atoms with van der Waals surface area (Å²) in [5, 5.41) is 9.75. The zero-order chi connectivity index (χ0) is 19.4. The minimum Gasteiger partial charge on any atom is -0.350 e. The Balaban J connectivity index is 1.70. The lowest BCUT2D eigenvalue weighted by Crippen LogP contribution is -2.57. The van der Waals surface area contributed by atoms with Crippen molar-refractivity contribution in [3.05, 3.63) is 47.8 Å². The highest BCUT2D eigenvalue weighted by Crippen LogP contribution is 2.25. The Morgan fingerprint density at radius 3 is 2.56 bits per heavy atom. The second kappa shape index (κ2) is 8.10. The first-order valence-corrected chi connectivity index (χ1v) is 8.77. The zero-order valence-corrected chi connectivity index (χ0v) is 15.0. The molecule has 1 aromatic heterocycles. The number of halogens is 3. The van der Waals surface area contributed by atoms with E-state index in [2.05, 4.69) is 15.7 Å².